The van der Waals surface area contributed by atoms with Crippen LogP contribution in [0.25, 0.3) is 0 Å². The molecule has 1 heterocycles. The van der Waals surface area contributed by atoms with Gasteiger partial charge in [0.25, 0.3) is 0 Å². The molecule has 2 aromatic rings. The predicted octanol–water partition coefficient (Wildman–Crippen LogP) is 5.68. The lowest BCUT2D eigenvalue weighted by Gasteiger charge is -2.45. The van der Waals surface area contributed by atoms with Crippen molar-refractivity contribution in [1.29, 1.82) is 0 Å². The molecule has 140 valence electrons. The second-order valence-corrected chi connectivity index (χ2v) is 8.17. The van der Waals surface area contributed by atoms with Gasteiger partial charge in [-0.05, 0) is 62.9 Å². The first-order valence-electron chi connectivity index (χ1n) is 9.20. The Morgan fingerprint density at radius 2 is 1.96 bits per heavy atom. The highest BCUT2D eigenvalue weighted by Crippen LogP contribution is 2.44. The normalized spacial score (nSPS) is 22.0. The largest absolute Gasteiger partial charge is 0.497 e. The summed E-state index contributed by atoms with van der Waals surface area (Å²) in [6.07, 6.45) is 3.02. The van der Waals surface area contributed by atoms with Gasteiger partial charge in [-0.2, -0.15) is 0 Å². The van der Waals surface area contributed by atoms with Crippen LogP contribution in [-0.2, 0) is 10.2 Å². The van der Waals surface area contributed by atoms with Crippen molar-refractivity contribution in [3.63, 3.8) is 0 Å². The van der Waals surface area contributed by atoms with Gasteiger partial charge in [-0.15, -0.1) is 0 Å². The molecule has 3 rings (SSSR count). The van der Waals surface area contributed by atoms with Gasteiger partial charge in [-0.3, -0.25) is 0 Å². The SMILES string of the molecule is COc1cccc(NCCC2(c3cccc(Cl)c3)CCOC(C)(C)C2)c1. The van der Waals surface area contributed by atoms with Crippen LogP contribution in [0, 0.1) is 0 Å². The Bertz CT molecular complexity index is 746. The average Bonchev–Trinajstić information content (AvgIpc) is 2.61. The van der Waals surface area contributed by atoms with Crippen molar-refractivity contribution in [2.45, 2.75) is 44.1 Å². The second-order valence-electron chi connectivity index (χ2n) is 7.73. The Morgan fingerprint density at radius 3 is 2.69 bits per heavy atom. The molecule has 1 fully saturated rings. The molecular weight excluding hydrogens is 346 g/mol. The molecule has 1 unspecified atom stereocenters. The zero-order valence-electron chi connectivity index (χ0n) is 15.8. The van der Waals surface area contributed by atoms with E-state index >= 15 is 0 Å². The molecule has 2 aromatic carbocycles. The smallest absolute Gasteiger partial charge is 0.120 e. The average molecular weight is 374 g/mol. The van der Waals surface area contributed by atoms with E-state index in [1.165, 1.54) is 5.56 Å². The number of hydrogen-bond acceptors (Lipinski definition) is 3. The maximum Gasteiger partial charge on any atom is 0.120 e. The van der Waals surface area contributed by atoms with Crippen molar-refractivity contribution >= 4 is 17.3 Å². The van der Waals surface area contributed by atoms with Crippen LogP contribution in [0.15, 0.2) is 48.5 Å². The molecule has 0 saturated carbocycles. The third-order valence-electron chi connectivity index (χ3n) is 5.28. The Balaban J connectivity index is 1.78. The molecule has 0 radical (unpaired) electrons. The molecule has 1 aliphatic heterocycles. The van der Waals surface area contributed by atoms with Gasteiger partial charge in [0.1, 0.15) is 5.75 Å². The van der Waals surface area contributed by atoms with Gasteiger partial charge in [0, 0.05) is 35.3 Å². The lowest BCUT2D eigenvalue weighted by Crippen LogP contribution is -2.44. The summed E-state index contributed by atoms with van der Waals surface area (Å²) in [7, 11) is 1.69. The van der Waals surface area contributed by atoms with Crippen molar-refractivity contribution in [3.05, 3.63) is 59.1 Å². The fourth-order valence-corrected chi connectivity index (χ4v) is 4.27. The Hall–Kier alpha value is -1.71. The van der Waals surface area contributed by atoms with Gasteiger partial charge in [0.2, 0.25) is 0 Å². The van der Waals surface area contributed by atoms with Crippen molar-refractivity contribution < 1.29 is 9.47 Å². The van der Waals surface area contributed by atoms with Crippen LogP contribution in [-0.4, -0.2) is 25.9 Å². The Labute approximate surface area is 161 Å². The maximum absolute atomic E-state index is 6.30. The van der Waals surface area contributed by atoms with Crippen LogP contribution in [0.2, 0.25) is 5.02 Å². The van der Waals surface area contributed by atoms with Crippen LogP contribution in [0.4, 0.5) is 5.69 Å². The number of hydrogen-bond donors (Lipinski definition) is 1. The minimum atomic E-state index is -0.128. The first kappa shape index (κ1) is 19.1. The second kappa shape index (κ2) is 7.89. The van der Waals surface area contributed by atoms with E-state index in [-0.39, 0.29) is 11.0 Å². The molecule has 0 aliphatic carbocycles. The number of halogens is 1. The molecule has 1 aliphatic rings. The van der Waals surface area contributed by atoms with Gasteiger partial charge in [-0.1, -0.05) is 29.8 Å². The van der Waals surface area contributed by atoms with E-state index in [1.807, 2.05) is 24.3 Å². The third kappa shape index (κ3) is 4.52. The van der Waals surface area contributed by atoms with Gasteiger partial charge >= 0.3 is 0 Å². The van der Waals surface area contributed by atoms with Gasteiger partial charge in [0.15, 0.2) is 0 Å². The van der Waals surface area contributed by atoms with E-state index in [2.05, 4.69) is 43.4 Å². The first-order chi connectivity index (χ1) is 12.4. The van der Waals surface area contributed by atoms with Gasteiger partial charge in [-0.25, -0.2) is 0 Å². The standard InChI is InChI=1S/C22H28ClNO2/c1-21(2)16-22(11-13-26-21,17-6-4-7-18(23)14-17)10-12-24-19-8-5-9-20(15-19)25-3/h4-9,14-15,24H,10-13,16H2,1-3H3. The van der Waals surface area contributed by atoms with Crippen LogP contribution < -0.4 is 10.1 Å². The fourth-order valence-electron chi connectivity index (χ4n) is 4.08. The molecule has 3 nitrogen and oxygen atoms in total. The zero-order valence-corrected chi connectivity index (χ0v) is 16.6. The predicted molar refractivity (Wildman–Crippen MR) is 108 cm³/mol. The van der Waals surface area contributed by atoms with E-state index in [0.717, 1.165) is 48.9 Å². The summed E-state index contributed by atoms with van der Waals surface area (Å²) in [5.41, 5.74) is 2.33. The number of nitrogens with one attached hydrogen (secondary N) is 1. The lowest BCUT2D eigenvalue weighted by atomic mass is 9.67. The molecule has 0 aromatic heterocycles. The Morgan fingerprint density at radius 1 is 1.15 bits per heavy atom. The van der Waals surface area contributed by atoms with Crippen LogP contribution in [0.5, 0.6) is 5.75 Å². The summed E-state index contributed by atoms with van der Waals surface area (Å²) < 4.78 is 11.3. The topological polar surface area (TPSA) is 30.5 Å². The summed E-state index contributed by atoms with van der Waals surface area (Å²) in [4.78, 5) is 0. The summed E-state index contributed by atoms with van der Waals surface area (Å²) in [5.74, 6) is 0.867. The van der Waals surface area contributed by atoms with E-state index in [1.54, 1.807) is 7.11 Å². The molecule has 0 amide bonds. The Kier molecular flexibility index (Phi) is 5.79. The molecule has 1 atom stereocenters. The molecule has 4 heteroatoms. The number of rotatable bonds is 6. The van der Waals surface area contributed by atoms with Gasteiger partial charge in [0.05, 0.1) is 12.7 Å². The third-order valence-corrected chi connectivity index (χ3v) is 5.51. The molecular formula is C22H28ClNO2. The lowest BCUT2D eigenvalue weighted by molar-refractivity contribution is -0.0834. The highest BCUT2D eigenvalue weighted by molar-refractivity contribution is 6.30. The fraction of sp³-hybridized carbons (Fsp3) is 0.455. The molecule has 1 N–H and O–H groups in total. The molecule has 0 bridgehead atoms. The van der Waals surface area contributed by atoms with E-state index < -0.39 is 0 Å². The highest BCUT2D eigenvalue weighted by atomic mass is 35.5. The number of anilines is 1. The van der Waals surface area contributed by atoms with Crippen LogP contribution in [0.3, 0.4) is 0 Å². The summed E-state index contributed by atoms with van der Waals surface area (Å²) in [6.45, 7) is 6.02. The van der Waals surface area contributed by atoms with Crippen molar-refractivity contribution in [3.8, 4) is 5.75 Å². The van der Waals surface area contributed by atoms with Crippen molar-refractivity contribution in [1.82, 2.24) is 0 Å². The number of methoxy groups -OCH3 is 1. The summed E-state index contributed by atoms with van der Waals surface area (Å²) >= 11 is 6.30. The minimum Gasteiger partial charge on any atom is -0.497 e. The van der Waals surface area contributed by atoms with Crippen LogP contribution >= 0.6 is 11.6 Å². The molecule has 26 heavy (non-hydrogen) atoms. The van der Waals surface area contributed by atoms with E-state index in [0.29, 0.717) is 0 Å². The minimum absolute atomic E-state index is 0.0680. The number of benzene rings is 2. The maximum atomic E-state index is 6.30. The van der Waals surface area contributed by atoms with E-state index in [4.69, 9.17) is 21.1 Å². The van der Waals surface area contributed by atoms with Crippen molar-refractivity contribution in [2.75, 3.05) is 25.6 Å². The van der Waals surface area contributed by atoms with E-state index in [9.17, 15) is 0 Å². The molecule has 0 spiro atoms. The monoisotopic (exact) mass is 373 g/mol. The zero-order chi connectivity index (χ0) is 18.6. The quantitative estimate of drug-likeness (QED) is 0.706. The van der Waals surface area contributed by atoms with Crippen LogP contribution in [0.1, 0.15) is 38.7 Å². The summed E-state index contributed by atoms with van der Waals surface area (Å²) in [6, 6.07) is 16.4. The molecule has 1 saturated heterocycles. The first-order valence-corrected chi connectivity index (χ1v) is 9.58. The highest BCUT2D eigenvalue weighted by Gasteiger charge is 2.41. The number of ether oxygens (including phenoxy) is 2. The van der Waals surface area contributed by atoms with Gasteiger partial charge < -0.3 is 14.8 Å². The van der Waals surface area contributed by atoms with Crippen molar-refractivity contribution in [2.24, 2.45) is 0 Å². The summed E-state index contributed by atoms with van der Waals surface area (Å²) in [5, 5.41) is 4.35.